The number of aryl methyl sites for hydroxylation is 2. The molecule has 2 saturated carbocycles. The van der Waals surface area contributed by atoms with E-state index in [1.165, 1.54) is 48.2 Å². The van der Waals surface area contributed by atoms with Gasteiger partial charge in [0.1, 0.15) is 17.4 Å². The molecule has 2 aromatic heterocycles. The van der Waals surface area contributed by atoms with E-state index in [0.29, 0.717) is 74.6 Å². The number of anilines is 2. The number of H-pyrrole nitrogens is 2. The molecule has 9 rings (SSSR count). The molecule has 0 bridgehead atoms. The van der Waals surface area contributed by atoms with E-state index in [0.717, 1.165) is 102 Å². The lowest BCUT2D eigenvalue weighted by Crippen LogP contribution is -2.39. The van der Waals surface area contributed by atoms with Crippen molar-refractivity contribution in [3.8, 4) is 0 Å². The zero-order valence-corrected chi connectivity index (χ0v) is 38.8. The zero-order valence-electron chi connectivity index (χ0n) is 38.8. The molecule has 5 heterocycles. The summed E-state index contributed by atoms with van der Waals surface area (Å²) in [5.74, 6) is 0.715. The van der Waals surface area contributed by atoms with Gasteiger partial charge in [-0.1, -0.05) is 38.1 Å². The molecule has 2 aliphatic carbocycles. The standard InChI is InChI=1S/C25H33FN4O2.C22H27FN4O3.C4H8O.CH4/c1-17(31)18-10-13-30(14-11-18)24-25(32)28-16-21(29-24)5-3-2-4-12-27-23-15-22(23)19-6-8-20(26)9-7-19;23-16-5-3-14(4-6-16)18-12-19(18)24-9-1-2-17-13-25-21(28)20(26-17)27-10-7-15(8-11-27)22(29)30;1-2-4-5-3-1;/h6-9,16,18,22-23,27H,2-5,10-15H2,1H3,(H,28,32);3-6,13,15,18-19,24H,1-2,7-12H2,(H,25,28)(H,29,30);1-4H2;1H4/t22-,23+;18-,19+;;/m00../s1. The van der Waals surface area contributed by atoms with Gasteiger partial charge in [-0.05, 0) is 139 Å². The first-order chi connectivity index (χ1) is 32.5. The van der Waals surface area contributed by atoms with Crippen LogP contribution in [0.25, 0.3) is 0 Å². The number of carboxylic acids is 1. The average molecular weight is 943 g/mol. The lowest BCUT2D eigenvalue weighted by molar-refractivity contribution is -0.142. The van der Waals surface area contributed by atoms with E-state index < -0.39 is 5.97 Å². The van der Waals surface area contributed by atoms with Crippen LogP contribution >= 0.6 is 0 Å². The van der Waals surface area contributed by atoms with Gasteiger partial charge in [0.05, 0.1) is 17.3 Å². The molecular weight excluding hydrogens is 871 g/mol. The maximum absolute atomic E-state index is 13.0. The quantitative estimate of drug-likeness (QED) is 0.0629. The van der Waals surface area contributed by atoms with Crippen molar-refractivity contribution in [3.63, 3.8) is 0 Å². The van der Waals surface area contributed by atoms with E-state index >= 15 is 0 Å². The zero-order chi connectivity index (χ0) is 47.1. The highest BCUT2D eigenvalue weighted by atomic mass is 19.1. The number of carboxylic acid groups (broad SMARTS) is 1. The summed E-state index contributed by atoms with van der Waals surface area (Å²) < 4.78 is 31.0. The number of hydrogen-bond acceptors (Lipinski definition) is 11. The summed E-state index contributed by atoms with van der Waals surface area (Å²) in [5, 5.41) is 16.3. The van der Waals surface area contributed by atoms with Gasteiger partial charge in [-0.3, -0.25) is 19.2 Å². The van der Waals surface area contributed by atoms with Crippen molar-refractivity contribution < 1.29 is 28.2 Å². The first-order valence-electron chi connectivity index (χ1n) is 24.5. The van der Waals surface area contributed by atoms with Gasteiger partial charge < -0.3 is 40.2 Å². The maximum Gasteiger partial charge on any atom is 0.306 e. The van der Waals surface area contributed by atoms with E-state index in [2.05, 4.69) is 30.6 Å². The number of halogens is 2. The number of Topliss-reactive ketones (excluding diaryl/α,β-unsaturated/α-hetero) is 1. The second-order valence-electron chi connectivity index (χ2n) is 18.7. The largest absolute Gasteiger partial charge is 0.481 e. The Balaban J connectivity index is 0.000000200. The van der Waals surface area contributed by atoms with Crippen molar-refractivity contribution in [1.29, 1.82) is 0 Å². The van der Waals surface area contributed by atoms with Crippen molar-refractivity contribution in [1.82, 2.24) is 30.6 Å². The lowest BCUT2D eigenvalue weighted by Gasteiger charge is -2.31. The van der Waals surface area contributed by atoms with Crippen LogP contribution in [0.2, 0.25) is 0 Å². The SMILES string of the molecule is C.C1CCOC1.CC(=O)C1CCN(c2nc(CCCCCN[C@@H]3C[C@H]3c3ccc(F)cc3)c[nH]c2=O)CC1.O=C(O)C1CCN(c2nc(CCCN[C@@H]3C[C@H]3c3ccc(F)cc3)c[nH]c2=O)CC1. The minimum absolute atomic E-state index is 0. The molecule has 0 unspecified atom stereocenters. The predicted octanol–water partition coefficient (Wildman–Crippen LogP) is 7.29. The Kier molecular flexibility index (Phi) is 19.8. The highest BCUT2D eigenvalue weighted by Crippen LogP contribution is 2.41. The van der Waals surface area contributed by atoms with Crippen LogP contribution in [0.15, 0.2) is 70.5 Å². The van der Waals surface area contributed by atoms with Crippen molar-refractivity contribution in [2.24, 2.45) is 11.8 Å². The Morgan fingerprint density at radius 1 is 0.676 bits per heavy atom. The molecule has 68 heavy (non-hydrogen) atoms. The monoisotopic (exact) mass is 943 g/mol. The summed E-state index contributed by atoms with van der Waals surface area (Å²) in [4.78, 5) is 65.8. The van der Waals surface area contributed by atoms with Crippen molar-refractivity contribution in [3.05, 3.63) is 116 Å². The number of rotatable bonds is 18. The van der Waals surface area contributed by atoms with E-state index in [9.17, 15) is 28.0 Å². The fourth-order valence-corrected chi connectivity index (χ4v) is 9.35. The van der Waals surface area contributed by atoms with Gasteiger partial charge >= 0.3 is 5.97 Å². The number of piperidine rings is 2. The van der Waals surface area contributed by atoms with Crippen LogP contribution in [0, 0.1) is 23.5 Å². The molecule has 3 saturated heterocycles. The molecule has 370 valence electrons. The summed E-state index contributed by atoms with van der Waals surface area (Å²) in [6.07, 6.45) is 16.5. The van der Waals surface area contributed by atoms with Crippen LogP contribution in [-0.2, 0) is 27.2 Å². The minimum atomic E-state index is -0.768. The molecular formula is C52H72F2N8O6. The summed E-state index contributed by atoms with van der Waals surface area (Å²) in [6, 6.07) is 14.5. The molecule has 5 aliphatic rings. The Morgan fingerprint density at radius 3 is 1.54 bits per heavy atom. The third-order valence-corrected chi connectivity index (χ3v) is 13.7. The number of unbranched alkanes of at least 4 members (excludes halogenated alkanes) is 2. The third-order valence-electron chi connectivity index (χ3n) is 13.7. The molecule has 16 heteroatoms. The minimum Gasteiger partial charge on any atom is -0.481 e. The summed E-state index contributed by atoms with van der Waals surface area (Å²) in [5.41, 5.74) is 3.75. The van der Waals surface area contributed by atoms with Gasteiger partial charge in [0.15, 0.2) is 11.6 Å². The Bertz CT molecular complexity index is 2300. The molecule has 0 spiro atoms. The number of aliphatic carboxylic acids is 1. The smallest absolute Gasteiger partial charge is 0.306 e. The Morgan fingerprint density at radius 2 is 1.12 bits per heavy atom. The molecule has 14 nitrogen and oxygen atoms in total. The van der Waals surface area contributed by atoms with Crippen LogP contribution in [0.1, 0.15) is 126 Å². The van der Waals surface area contributed by atoms with Crippen molar-refractivity contribution in [2.45, 2.75) is 128 Å². The topological polar surface area (TPSA) is 186 Å². The molecule has 2 aromatic carbocycles. The summed E-state index contributed by atoms with van der Waals surface area (Å²) >= 11 is 0. The fraction of sp³-hybridized carbons (Fsp3) is 0.577. The second kappa shape index (κ2) is 25.9. The van der Waals surface area contributed by atoms with Gasteiger partial charge in [-0.15, -0.1) is 0 Å². The van der Waals surface area contributed by atoms with Crippen LogP contribution < -0.4 is 31.6 Å². The number of nitrogens with one attached hydrogen (secondary N) is 4. The fourth-order valence-electron chi connectivity index (χ4n) is 9.35. The van der Waals surface area contributed by atoms with Crippen LogP contribution in [-0.4, -0.2) is 101 Å². The van der Waals surface area contributed by atoms with Crippen LogP contribution in [0.4, 0.5) is 20.4 Å². The highest BCUT2D eigenvalue weighted by molar-refractivity contribution is 5.78. The molecule has 4 atom stereocenters. The average Bonchev–Trinajstić information content (AvgIpc) is 4.23. The first-order valence-corrected chi connectivity index (χ1v) is 24.5. The summed E-state index contributed by atoms with van der Waals surface area (Å²) in [7, 11) is 0. The number of nitrogens with zero attached hydrogens (tertiary/aromatic N) is 4. The number of hydrogen-bond donors (Lipinski definition) is 5. The molecule has 4 aromatic rings. The van der Waals surface area contributed by atoms with E-state index in [4.69, 9.17) is 9.84 Å². The number of aromatic amines is 2. The molecule has 0 amide bonds. The number of carbonyl (C=O) groups is 2. The number of aromatic nitrogens is 4. The normalized spacial score (nSPS) is 21.2. The van der Waals surface area contributed by atoms with Gasteiger partial charge in [-0.2, -0.15) is 0 Å². The number of ether oxygens (including phenoxy) is 1. The van der Waals surface area contributed by atoms with Gasteiger partial charge in [0, 0.05) is 81.6 Å². The molecule has 5 N–H and O–H groups in total. The van der Waals surface area contributed by atoms with Crippen LogP contribution in [0.3, 0.4) is 0 Å². The van der Waals surface area contributed by atoms with E-state index in [-0.39, 0.29) is 47.8 Å². The van der Waals surface area contributed by atoms with Gasteiger partial charge in [0.25, 0.3) is 11.1 Å². The number of benzene rings is 2. The number of carbonyl (C=O) groups excluding carboxylic acids is 1. The Hall–Kier alpha value is -5.32. The first kappa shape index (κ1) is 52.1. The Labute approximate surface area is 399 Å². The predicted molar refractivity (Wildman–Crippen MR) is 262 cm³/mol. The maximum atomic E-state index is 13.0. The van der Waals surface area contributed by atoms with Gasteiger partial charge in [0.2, 0.25) is 0 Å². The van der Waals surface area contributed by atoms with Gasteiger partial charge in [-0.25, -0.2) is 18.7 Å². The van der Waals surface area contributed by atoms with E-state index in [1.807, 2.05) is 34.1 Å². The lowest BCUT2D eigenvalue weighted by atomic mass is 9.93. The second-order valence-corrected chi connectivity index (χ2v) is 18.7. The highest BCUT2D eigenvalue weighted by Gasteiger charge is 2.38. The van der Waals surface area contributed by atoms with Crippen molar-refractivity contribution >= 4 is 23.4 Å². The van der Waals surface area contributed by atoms with Crippen LogP contribution in [0.5, 0.6) is 0 Å². The molecule has 3 aliphatic heterocycles. The van der Waals surface area contributed by atoms with Crippen molar-refractivity contribution in [2.75, 3.05) is 62.3 Å². The number of ketones is 1. The molecule has 5 fully saturated rings. The third kappa shape index (κ3) is 15.6. The summed E-state index contributed by atoms with van der Waals surface area (Å²) in [6.45, 7) is 7.95. The van der Waals surface area contributed by atoms with E-state index in [1.54, 1.807) is 19.3 Å². The molecule has 0 radical (unpaired) electrons.